The number of hydrogen-bond donors (Lipinski definition) is 2. The van der Waals surface area contributed by atoms with Crippen molar-refractivity contribution in [1.29, 1.82) is 0 Å². The van der Waals surface area contributed by atoms with Crippen molar-refractivity contribution in [3.63, 3.8) is 0 Å². The number of amides is 1. The molecule has 0 bridgehead atoms. The summed E-state index contributed by atoms with van der Waals surface area (Å²) in [6.07, 6.45) is -5.27. The highest BCUT2D eigenvalue weighted by Crippen LogP contribution is 2.25. The number of nitrogens with one attached hydrogen (secondary N) is 1. The van der Waals surface area contributed by atoms with E-state index in [0.717, 1.165) is 13.8 Å². The summed E-state index contributed by atoms with van der Waals surface area (Å²) in [7, 11) is 0. The lowest BCUT2D eigenvalue weighted by Gasteiger charge is -2.44. The van der Waals surface area contributed by atoms with Gasteiger partial charge in [0.25, 0.3) is 0 Å². The molecular weight excluding hydrogens is 362 g/mol. The van der Waals surface area contributed by atoms with Crippen molar-refractivity contribution in [2.24, 2.45) is 10.8 Å². The third-order valence-corrected chi connectivity index (χ3v) is 3.34. The quantitative estimate of drug-likeness (QED) is 0.228. The Morgan fingerprint density at radius 1 is 1.19 bits per heavy atom. The van der Waals surface area contributed by atoms with Gasteiger partial charge in [-0.25, -0.2) is 4.79 Å². The highest BCUT2D eigenvalue weighted by Gasteiger charge is 2.49. The van der Waals surface area contributed by atoms with E-state index in [1.807, 2.05) is 0 Å². The van der Waals surface area contributed by atoms with Crippen molar-refractivity contribution in [2.75, 3.05) is 6.54 Å². The van der Waals surface area contributed by atoms with E-state index in [0.29, 0.717) is 0 Å². The summed E-state index contributed by atoms with van der Waals surface area (Å²) in [5.74, 6) is -1.35. The maximum Gasteiger partial charge on any atom is 0.408 e. The molecule has 0 saturated carbocycles. The van der Waals surface area contributed by atoms with Gasteiger partial charge in [-0.05, 0) is 26.3 Å². The molecule has 1 aliphatic rings. The van der Waals surface area contributed by atoms with Gasteiger partial charge >= 0.3 is 18.0 Å². The molecule has 0 aliphatic carbocycles. The number of nitrogens with two attached hydrogens (primary N) is 1. The van der Waals surface area contributed by atoms with Crippen LogP contribution in [0.15, 0.2) is 5.11 Å². The van der Waals surface area contributed by atoms with Crippen molar-refractivity contribution in [2.45, 2.75) is 70.8 Å². The number of azide groups is 1. The zero-order valence-corrected chi connectivity index (χ0v) is 15.9. The summed E-state index contributed by atoms with van der Waals surface area (Å²) in [5.41, 5.74) is 13.7. The van der Waals surface area contributed by atoms with Crippen LogP contribution in [0.4, 0.5) is 4.79 Å². The van der Waals surface area contributed by atoms with Gasteiger partial charge in [-0.15, -0.1) is 0 Å². The van der Waals surface area contributed by atoms with Crippen LogP contribution < -0.4 is 11.1 Å². The first-order chi connectivity index (χ1) is 12.4. The van der Waals surface area contributed by atoms with Crippen molar-refractivity contribution in [3.05, 3.63) is 10.4 Å². The van der Waals surface area contributed by atoms with Crippen molar-refractivity contribution < 1.29 is 33.3 Å². The van der Waals surface area contributed by atoms with Crippen molar-refractivity contribution >= 4 is 18.0 Å². The molecule has 12 heteroatoms. The van der Waals surface area contributed by atoms with Crippen LogP contribution in [0.2, 0.25) is 0 Å². The molecule has 1 heterocycles. The van der Waals surface area contributed by atoms with Gasteiger partial charge in [-0.3, -0.25) is 9.59 Å². The second kappa shape index (κ2) is 9.40. The monoisotopic (exact) mass is 387 g/mol. The van der Waals surface area contributed by atoms with E-state index in [4.69, 9.17) is 30.2 Å². The van der Waals surface area contributed by atoms with Crippen LogP contribution in [0.3, 0.4) is 0 Å². The van der Waals surface area contributed by atoms with E-state index in [1.54, 1.807) is 20.8 Å². The number of esters is 2. The topological polar surface area (TPSA) is 175 Å². The molecule has 3 N–H and O–H groups in total. The molecule has 12 nitrogen and oxygen atoms in total. The molecule has 0 aromatic heterocycles. The predicted molar refractivity (Wildman–Crippen MR) is 91.1 cm³/mol. The molecule has 1 saturated heterocycles. The summed E-state index contributed by atoms with van der Waals surface area (Å²) in [5, 5.41) is 5.92. The van der Waals surface area contributed by atoms with Crippen LogP contribution in [-0.2, 0) is 28.5 Å². The first-order valence-electron chi connectivity index (χ1n) is 8.20. The van der Waals surface area contributed by atoms with Gasteiger partial charge in [-0.2, -0.15) is 0 Å². The first-order valence-corrected chi connectivity index (χ1v) is 8.20. The van der Waals surface area contributed by atoms with E-state index < -0.39 is 54.2 Å². The zero-order valence-electron chi connectivity index (χ0n) is 15.9. The average Bonchev–Trinajstić information content (AvgIpc) is 2.49. The van der Waals surface area contributed by atoms with Gasteiger partial charge in [-0.1, -0.05) is 5.11 Å². The fourth-order valence-electron chi connectivity index (χ4n) is 2.52. The Bertz CT molecular complexity index is 614. The fourth-order valence-corrected chi connectivity index (χ4v) is 2.52. The van der Waals surface area contributed by atoms with Gasteiger partial charge < -0.3 is 30.0 Å². The second-order valence-electron chi connectivity index (χ2n) is 6.87. The SMILES string of the molecule is CC(=O)OC1C(NC(=O)OC(C)(C)C)[C@H](OC(C)=O)C(CN=[N+]=[N-])O[C@H]1N. The largest absolute Gasteiger partial charge is 0.457 e. The maximum absolute atomic E-state index is 12.2. The van der Waals surface area contributed by atoms with E-state index in [1.165, 1.54) is 0 Å². The Morgan fingerprint density at radius 2 is 1.74 bits per heavy atom. The third kappa shape index (κ3) is 7.29. The van der Waals surface area contributed by atoms with Crippen molar-refractivity contribution in [1.82, 2.24) is 5.32 Å². The number of hydrogen-bond acceptors (Lipinski definition) is 9. The number of carbonyl (C=O) groups excluding carboxylic acids is 3. The molecule has 0 aromatic carbocycles. The molecule has 1 aliphatic heterocycles. The van der Waals surface area contributed by atoms with Crippen LogP contribution in [0, 0.1) is 0 Å². The number of carbonyl (C=O) groups is 3. The molecule has 1 rings (SSSR count). The summed E-state index contributed by atoms with van der Waals surface area (Å²) < 4.78 is 21.1. The molecular formula is C15H25N5O7. The first kappa shape index (κ1) is 22.5. The summed E-state index contributed by atoms with van der Waals surface area (Å²) in [4.78, 5) is 37.9. The molecule has 0 spiro atoms. The molecule has 1 fully saturated rings. The molecule has 0 radical (unpaired) electrons. The standard InChI is InChI=1S/C15H25N5O7/c1-7(21)24-11-9(6-18-20-17)26-13(16)12(25-8(2)22)10(11)19-14(23)27-15(3,4)5/h9-13H,6,16H2,1-5H3,(H,19,23)/t9?,10?,11-,12?,13-/m1/s1. The van der Waals surface area contributed by atoms with Crippen LogP contribution in [0.5, 0.6) is 0 Å². The lowest BCUT2D eigenvalue weighted by molar-refractivity contribution is -0.209. The number of alkyl carbamates (subject to hydrolysis) is 1. The van der Waals surface area contributed by atoms with E-state index in [-0.39, 0.29) is 6.54 Å². The molecule has 152 valence electrons. The van der Waals surface area contributed by atoms with Gasteiger partial charge in [0.1, 0.15) is 24.0 Å². The normalized spacial score (nSPS) is 27.7. The average molecular weight is 387 g/mol. The molecule has 5 atom stereocenters. The van der Waals surface area contributed by atoms with Gasteiger partial charge in [0.2, 0.25) is 0 Å². The summed E-state index contributed by atoms with van der Waals surface area (Å²) >= 11 is 0. The Balaban J connectivity index is 3.20. The maximum atomic E-state index is 12.2. The Kier molecular flexibility index (Phi) is 7.82. The minimum absolute atomic E-state index is 0.221. The minimum atomic E-state index is -1.17. The summed E-state index contributed by atoms with van der Waals surface area (Å²) in [6.45, 7) is 7.09. The Morgan fingerprint density at radius 3 is 2.22 bits per heavy atom. The highest BCUT2D eigenvalue weighted by molar-refractivity contribution is 5.70. The minimum Gasteiger partial charge on any atom is -0.457 e. The number of rotatable bonds is 5. The molecule has 27 heavy (non-hydrogen) atoms. The molecule has 0 aromatic rings. The van der Waals surface area contributed by atoms with E-state index >= 15 is 0 Å². The Hall–Kier alpha value is -2.56. The number of nitrogens with zero attached hydrogens (tertiary/aromatic N) is 3. The lowest BCUT2D eigenvalue weighted by atomic mass is 9.94. The van der Waals surface area contributed by atoms with Crippen molar-refractivity contribution in [3.8, 4) is 0 Å². The fraction of sp³-hybridized carbons (Fsp3) is 0.800. The third-order valence-electron chi connectivity index (χ3n) is 3.34. The van der Waals surface area contributed by atoms with E-state index in [2.05, 4.69) is 15.3 Å². The second-order valence-corrected chi connectivity index (χ2v) is 6.87. The van der Waals surface area contributed by atoms with Gasteiger partial charge in [0, 0.05) is 18.8 Å². The number of ether oxygens (including phenoxy) is 4. The predicted octanol–water partition coefficient (Wildman–Crippen LogP) is 0.737. The van der Waals surface area contributed by atoms with E-state index in [9.17, 15) is 14.4 Å². The van der Waals surface area contributed by atoms with Crippen LogP contribution >= 0.6 is 0 Å². The molecule has 3 unspecified atom stereocenters. The zero-order chi connectivity index (χ0) is 20.8. The van der Waals surface area contributed by atoms with Gasteiger partial charge in [0.05, 0.1) is 6.54 Å². The van der Waals surface area contributed by atoms with Crippen LogP contribution in [0.25, 0.3) is 10.4 Å². The Labute approximate surface area is 156 Å². The summed E-state index contributed by atoms with van der Waals surface area (Å²) in [6, 6.07) is -1.09. The lowest BCUT2D eigenvalue weighted by Crippen LogP contribution is -2.68. The molecule has 1 amide bonds. The smallest absolute Gasteiger partial charge is 0.408 e. The highest BCUT2D eigenvalue weighted by atomic mass is 16.6. The van der Waals surface area contributed by atoms with Crippen LogP contribution in [-0.4, -0.2) is 60.8 Å². The van der Waals surface area contributed by atoms with Crippen LogP contribution in [0.1, 0.15) is 34.6 Å². The van der Waals surface area contributed by atoms with Gasteiger partial charge in [0.15, 0.2) is 12.2 Å².